The van der Waals surface area contributed by atoms with E-state index < -0.39 is 18.1 Å². The molecule has 8 heteroatoms. The van der Waals surface area contributed by atoms with E-state index in [1.165, 1.54) is 19.2 Å². The predicted molar refractivity (Wildman–Crippen MR) is 90.9 cm³/mol. The van der Waals surface area contributed by atoms with Gasteiger partial charge in [-0.2, -0.15) is 13.2 Å². The molecule has 0 fully saturated rings. The number of nitrogens with zero attached hydrogens (tertiary/aromatic N) is 1. The van der Waals surface area contributed by atoms with Gasteiger partial charge in [-0.05, 0) is 31.7 Å². The van der Waals surface area contributed by atoms with Gasteiger partial charge in [-0.25, -0.2) is 4.79 Å². The fourth-order valence-corrected chi connectivity index (χ4v) is 2.03. The summed E-state index contributed by atoms with van der Waals surface area (Å²) < 4.78 is 47.2. The average molecular weight is 373 g/mol. The smallest absolute Gasteiger partial charge is 0.391 e. The van der Waals surface area contributed by atoms with E-state index in [1.54, 1.807) is 13.0 Å². The number of aliphatic imine (C=N–C) groups is 1. The molecule has 26 heavy (non-hydrogen) atoms. The Bertz CT molecular complexity index is 656. The molecule has 0 amide bonds. The second-order valence-corrected chi connectivity index (χ2v) is 5.66. The van der Waals surface area contributed by atoms with Crippen molar-refractivity contribution in [2.24, 2.45) is 10.9 Å². The molecule has 0 aromatic heterocycles. The van der Waals surface area contributed by atoms with E-state index in [9.17, 15) is 22.8 Å². The molecule has 1 atom stereocenters. The summed E-state index contributed by atoms with van der Waals surface area (Å²) in [5, 5.41) is 0. The topological polar surface area (TPSA) is 65.0 Å². The molecule has 0 heterocycles. The van der Waals surface area contributed by atoms with Crippen molar-refractivity contribution >= 4 is 18.0 Å². The van der Waals surface area contributed by atoms with Gasteiger partial charge in [0, 0.05) is 12.0 Å². The Hall–Kier alpha value is -2.38. The van der Waals surface area contributed by atoms with Crippen LogP contribution in [0.25, 0.3) is 0 Å². The molecular weight excluding hydrogens is 351 g/mol. The third-order valence-electron chi connectivity index (χ3n) is 3.60. The van der Waals surface area contributed by atoms with E-state index in [0.717, 1.165) is 13.1 Å². The Balaban J connectivity index is 2.65. The number of alkyl halides is 3. The van der Waals surface area contributed by atoms with E-state index in [0.29, 0.717) is 16.9 Å². The van der Waals surface area contributed by atoms with Gasteiger partial charge in [0.2, 0.25) is 0 Å². The summed E-state index contributed by atoms with van der Waals surface area (Å²) in [6, 6.07) is 4.59. The van der Waals surface area contributed by atoms with Crippen LogP contribution in [0.2, 0.25) is 0 Å². The lowest BCUT2D eigenvalue weighted by molar-refractivity contribution is -0.167. The third-order valence-corrected chi connectivity index (χ3v) is 3.60. The summed E-state index contributed by atoms with van der Waals surface area (Å²) >= 11 is 0. The van der Waals surface area contributed by atoms with Gasteiger partial charge in [0.1, 0.15) is 5.75 Å². The second-order valence-electron chi connectivity index (χ2n) is 5.66. The Morgan fingerprint density at radius 3 is 2.58 bits per heavy atom. The number of ketones is 1. The van der Waals surface area contributed by atoms with Crippen LogP contribution in [0, 0.1) is 5.92 Å². The van der Waals surface area contributed by atoms with Gasteiger partial charge in [-0.1, -0.05) is 13.0 Å². The van der Waals surface area contributed by atoms with E-state index >= 15 is 0 Å². The molecule has 0 unspecified atom stereocenters. The molecule has 0 aliphatic heterocycles. The highest BCUT2D eigenvalue weighted by atomic mass is 19.4. The van der Waals surface area contributed by atoms with Crippen LogP contribution in [0.5, 0.6) is 5.75 Å². The van der Waals surface area contributed by atoms with Gasteiger partial charge in [0.15, 0.2) is 5.78 Å². The SMILES string of the molecule is CCOC(=O)c1ccc(CC(=O)CN=CC[C@@H](C)C(F)(F)F)c(OC)c1. The molecular formula is C18H22F3NO4. The van der Waals surface area contributed by atoms with Crippen LogP contribution in [-0.2, 0) is 16.0 Å². The molecule has 0 spiro atoms. The molecule has 0 aliphatic carbocycles. The van der Waals surface area contributed by atoms with Crippen molar-refractivity contribution in [3.8, 4) is 5.75 Å². The van der Waals surface area contributed by atoms with Gasteiger partial charge in [-0.3, -0.25) is 9.79 Å². The standard InChI is InChI=1S/C18H22F3NO4/c1-4-26-17(24)14-6-5-13(16(10-14)25-3)9-15(23)11-22-8-7-12(2)18(19,20)21/h5-6,8,10,12H,4,7,9,11H2,1-3H3/t12-/m1/s1. The molecule has 0 radical (unpaired) electrons. The van der Waals surface area contributed by atoms with Crippen LogP contribution >= 0.6 is 0 Å². The first-order valence-electron chi connectivity index (χ1n) is 8.09. The number of hydrogen-bond acceptors (Lipinski definition) is 5. The van der Waals surface area contributed by atoms with Crippen molar-refractivity contribution in [3.05, 3.63) is 29.3 Å². The van der Waals surface area contributed by atoms with E-state index in [-0.39, 0.29) is 31.8 Å². The minimum Gasteiger partial charge on any atom is -0.496 e. The van der Waals surface area contributed by atoms with E-state index in [4.69, 9.17) is 9.47 Å². The number of halogens is 3. The summed E-state index contributed by atoms with van der Waals surface area (Å²) in [5.74, 6) is -1.91. The van der Waals surface area contributed by atoms with Gasteiger partial charge in [0.25, 0.3) is 0 Å². The van der Waals surface area contributed by atoms with Gasteiger partial charge in [-0.15, -0.1) is 0 Å². The third kappa shape index (κ3) is 6.85. The highest BCUT2D eigenvalue weighted by molar-refractivity contribution is 5.90. The van der Waals surface area contributed by atoms with Crippen LogP contribution in [0.4, 0.5) is 13.2 Å². The maximum absolute atomic E-state index is 12.4. The largest absolute Gasteiger partial charge is 0.496 e. The number of carbonyl (C=O) groups excluding carboxylic acids is 2. The number of carbonyl (C=O) groups is 2. The zero-order valence-electron chi connectivity index (χ0n) is 14.9. The Labute approximate surface area is 150 Å². The monoisotopic (exact) mass is 373 g/mol. The summed E-state index contributed by atoms with van der Waals surface area (Å²) in [4.78, 5) is 27.4. The fraction of sp³-hybridized carbons (Fsp3) is 0.500. The molecule has 1 rings (SSSR count). The predicted octanol–water partition coefficient (Wildman–Crippen LogP) is 3.64. The summed E-state index contributed by atoms with van der Waals surface area (Å²) in [6.07, 6.45) is -3.42. The zero-order chi connectivity index (χ0) is 19.7. The number of esters is 1. The van der Waals surface area contributed by atoms with Crippen molar-refractivity contribution in [1.82, 2.24) is 0 Å². The highest BCUT2D eigenvalue weighted by Crippen LogP contribution is 2.27. The van der Waals surface area contributed by atoms with Crippen molar-refractivity contribution < 1.29 is 32.2 Å². The van der Waals surface area contributed by atoms with Gasteiger partial charge >= 0.3 is 12.1 Å². The molecule has 0 bridgehead atoms. The minimum absolute atomic E-state index is 0.00154. The Kier molecular flexibility index (Phi) is 8.28. The van der Waals surface area contributed by atoms with Crippen LogP contribution in [0.1, 0.15) is 36.2 Å². The zero-order valence-corrected chi connectivity index (χ0v) is 14.9. The molecule has 0 N–H and O–H groups in total. The fourth-order valence-electron chi connectivity index (χ4n) is 2.03. The first-order chi connectivity index (χ1) is 12.2. The molecule has 1 aromatic carbocycles. The summed E-state index contributed by atoms with van der Waals surface area (Å²) in [5.41, 5.74) is 0.864. The Morgan fingerprint density at radius 2 is 2.00 bits per heavy atom. The maximum Gasteiger partial charge on any atom is 0.391 e. The first-order valence-corrected chi connectivity index (χ1v) is 8.09. The molecule has 144 valence electrons. The lowest BCUT2D eigenvalue weighted by Crippen LogP contribution is -2.20. The number of Topliss-reactive ketones (excluding diaryl/α,β-unsaturated/α-hetero) is 1. The minimum atomic E-state index is -4.27. The molecule has 5 nitrogen and oxygen atoms in total. The average Bonchev–Trinajstić information content (AvgIpc) is 2.58. The van der Waals surface area contributed by atoms with Crippen LogP contribution in [-0.4, -0.2) is 44.4 Å². The molecule has 1 aromatic rings. The van der Waals surface area contributed by atoms with E-state index in [1.807, 2.05) is 0 Å². The van der Waals surface area contributed by atoms with Gasteiger partial charge in [0.05, 0.1) is 31.7 Å². The molecule has 0 aliphatic rings. The highest BCUT2D eigenvalue weighted by Gasteiger charge is 2.34. The Morgan fingerprint density at radius 1 is 1.31 bits per heavy atom. The van der Waals surface area contributed by atoms with Crippen molar-refractivity contribution in [1.29, 1.82) is 0 Å². The maximum atomic E-state index is 12.4. The normalized spacial score (nSPS) is 12.8. The summed E-state index contributed by atoms with van der Waals surface area (Å²) in [6.45, 7) is 2.78. The number of benzene rings is 1. The first kappa shape index (κ1) is 21.7. The van der Waals surface area contributed by atoms with Crippen LogP contribution in [0.15, 0.2) is 23.2 Å². The quantitative estimate of drug-likeness (QED) is 0.490. The lowest BCUT2D eigenvalue weighted by Gasteiger charge is -2.12. The van der Waals surface area contributed by atoms with Crippen molar-refractivity contribution in [3.63, 3.8) is 0 Å². The number of methoxy groups -OCH3 is 1. The van der Waals surface area contributed by atoms with Gasteiger partial charge < -0.3 is 9.47 Å². The second kappa shape index (κ2) is 9.94. The summed E-state index contributed by atoms with van der Waals surface area (Å²) in [7, 11) is 1.41. The molecule has 0 saturated carbocycles. The number of rotatable bonds is 9. The van der Waals surface area contributed by atoms with Crippen LogP contribution in [0.3, 0.4) is 0 Å². The lowest BCUT2D eigenvalue weighted by atomic mass is 10.0. The van der Waals surface area contributed by atoms with Crippen molar-refractivity contribution in [2.75, 3.05) is 20.3 Å². The number of ether oxygens (including phenoxy) is 2. The van der Waals surface area contributed by atoms with Crippen molar-refractivity contribution in [2.45, 2.75) is 32.9 Å². The number of hydrogen-bond donors (Lipinski definition) is 0. The van der Waals surface area contributed by atoms with E-state index in [2.05, 4.69) is 4.99 Å². The van der Waals surface area contributed by atoms with Crippen LogP contribution < -0.4 is 4.74 Å². The molecule has 0 saturated heterocycles.